The van der Waals surface area contributed by atoms with E-state index in [0.717, 1.165) is 18.4 Å². The highest BCUT2D eigenvalue weighted by Crippen LogP contribution is 2.33. The van der Waals surface area contributed by atoms with Gasteiger partial charge >= 0.3 is 0 Å². The van der Waals surface area contributed by atoms with E-state index in [-0.39, 0.29) is 6.10 Å². The second-order valence-corrected chi connectivity index (χ2v) is 4.95. The SMILES string of the molecule is CC(C)C1=CCCc2cc(C(C)O)ccc21. The van der Waals surface area contributed by atoms with Gasteiger partial charge in [-0.15, -0.1) is 0 Å². The third kappa shape index (κ3) is 2.05. The Labute approximate surface area is 97.8 Å². The van der Waals surface area contributed by atoms with Crippen LogP contribution in [-0.2, 0) is 6.42 Å². The maximum Gasteiger partial charge on any atom is 0.0762 e. The molecule has 0 heterocycles. The molecule has 1 aliphatic rings. The third-order valence-electron chi connectivity index (χ3n) is 3.32. The van der Waals surface area contributed by atoms with E-state index >= 15 is 0 Å². The third-order valence-corrected chi connectivity index (χ3v) is 3.32. The molecule has 0 spiro atoms. The standard InChI is InChI=1S/C15H20O/c1-10(2)14-6-4-5-13-9-12(11(3)16)7-8-15(13)14/h6-11,16H,4-5H2,1-3H3. The van der Waals surface area contributed by atoms with Crippen LogP contribution in [0.2, 0.25) is 0 Å². The topological polar surface area (TPSA) is 20.2 Å². The Morgan fingerprint density at radius 2 is 1.94 bits per heavy atom. The summed E-state index contributed by atoms with van der Waals surface area (Å²) in [5, 5.41) is 9.59. The largest absolute Gasteiger partial charge is 0.389 e. The second kappa shape index (κ2) is 4.42. The molecular weight excluding hydrogens is 196 g/mol. The minimum atomic E-state index is -0.362. The quantitative estimate of drug-likeness (QED) is 0.798. The average molecular weight is 216 g/mol. The van der Waals surface area contributed by atoms with Crippen molar-refractivity contribution >= 4 is 5.57 Å². The summed E-state index contributed by atoms with van der Waals surface area (Å²) in [5.74, 6) is 0.580. The van der Waals surface area contributed by atoms with Crippen LogP contribution in [-0.4, -0.2) is 5.11 Å². The van der Waals surface area contributed by atoms with Crippen LogP contribution in [0.5, 0.6) is 0 Å². The number of allylic oxidation sites excluding steroid dienone is 2. The van der Waals surface area contributed by atoms with E-state index in [1.165, 1.54) is 16.7 Å². The molecule has 0 radical (unpaired) electrons. The minimum Gasteiger partial charge on any atom is -0.389 e. The Morgan fingerprint density at radius 3 is 2.56 bits per heavy atom. The summed E-state index contributed by atoms with van der Waals surface area (Å²) in [7, 11) is 0. The molecule has 0 aromatic heterocycles. The van der Waals surface area contributed by atoms with Crippen molar-refractivity contribution in [1.29, 1.82) is 0 Å². The van der Waals surface area contributed by atoms with Gasteiger partial charge in [-0.1, -0.05) is 38.1 Å². The Morgan fingerprint density at radius 1 is 1.19 bits per heavy atom. The first-order valence-corrected chi connectivity index (χ1v) is 6.11. The van der Waals surface area contributed by atoms with Gasteiger partial charge in [0, 0.05) is 0 Å². The molecule has 1 heteroatoms. The number of rotatable bonds is 2. The molecule has 86 valence electrons. The van der Waals surface area contributed by atoms with Crippen molar-refractivity contribution in [3.05, 3.63) is 41.0 Å². The van der Waals surface area contributed by atoms with Gasteiger partial charge in [0.1, 0.15) is 0 Å². The van der Waals surface area contributed by atoms with Crippen molar-refractivity contribution in [2.24, 2.45) is 5.92 Å². The molecule has 0 saturated carbocycles. The molecule has 1 atom stereocenters. The molecular formula is C15H20O. The maximum absolute atomic E-state index is 9.59. The van der Waals surface area contributed by atoms with E-state index in [1.807, 2.05) is 13.0 Å². The van der Waals surface area contributed by atoms with Gasteiger partial charge < -0.3 is 5.11 Å². The van der Waals surface area contributed by atoms with Crippen LogP contribution >= 0.6 is 0 Å². The zero-order valence-electron chi connectivity index (χ0n) is 10.3. The van der Waals surface area contributed by atoms with Gasteiger partial charge in [-0.05, 0) is 47.9 Å². The normalized spacial score (nSPS) is 16.9. The molecule has 1 N–H and O–H groups in total. The number of hydrogen-bond donors (Lipinski definition) is 1. The van der Waals surface area contributed by atoms with Crippen molar-refractivity contribution in [2.75, 3.05) is 0 Å². The molecule has 0 fully saturated rings. The first kappa shape index (κ1) is 11.4. The molecule has 16 heavy (non-hydrogen) atoms. The molecule has 1 nitrogen and oxygen atoms in total. The fraction of sp³-hybridized carbons (Fsp3) is 0.467. The molecule has 2 rings (SSSR count). The Balaban J connectivity index is 2.43. The van der Waals surface area contributed by atoms with Gasteiger partial charge in [0.2, 0.25) is 0 Å². The molecule has 1 unspecified atom stereocenters. The van der Waals surface area contributed by atoms with E-state index < -0.39 is 0 Å². The number of aryl methyl sites for hydroxylation is 1. The lowest BCUT2D eigenvalue weighted by Crippen LogP contribution is -2.05. The molecule has 1 aliphatic carbocycles. The first-order chi connectivity index (χ1) is 7.59. The van der Waals surface area contributed by atoms with Crippen molar-refractivity contribution in [3.63, 3.8) is 0 Å². The van der Waals surface area contributed by atoms with E-state index in [1.54, 1.807) is 0 Å². The van der Waals surface area contributed by atoms with Crippen molar-refractivity contribution in [2.45, 2.75) is 39.7 Å². The van der Waals surface area contributed by atoms with Crippen LogP contribution in [0, 0.1) is 5.92 Å². The van der Waals surface area contributed by atoms with Gasteiger partial charge in [0.05, 0.1) is 6.10 Å². The van der Waals surface area contributed by atoms with E-state index in [2.05, 4.69) is 32.1 Å². The number of fused-ring (bicyclic) bond motifs is 1. The zero-order chi connectivity index (χ0) is 11.7. The lowest BCUT2D eigenvalue weighted by atomic mass is 9.84. The van der Waals surface area contributed by atoms with E-state index in [9.17, 15) is 5.11 Å². The first-order valence-electron chi connectivity index (χ1n) is 6.11. The Hall–Kier alpha value is -1.08. The summed E-state index contributed by atoms with van der Waals surface area (Å²) in [6.07, 6.45) is 4.23. The molecule has 0 bridgehead atoms. The highest BCUT2D eigenvalue weighted by atomic mass is 16.3. The van der Waals surface area contributed by atoms with Crippen LogP contribution < -0.4 is 0 Å². The summed E-state index contributed by atoms with van der Waals surface area (Å²) in [6, 6.07) is 6.38. The molecule has 0 saturated heterocycles. The van der Waals surface area contributed by atoms with Gasteiger partial charge in [-0.3, -0.25) is 0 Å². The fourth-order valence-corrected chi connectivity index (χ4v) is 2.40. The van der Waals surface area contributed by atoms with Gasteiger partial charge in [-0.25, -0.2) is 0 Å². The summed E-state index contributed by atoms with van der Waals surface area (Å²) in [6.45, 7) is 6.30. The lowest BCUT2D eigenvalue weighted by Gasteiger charge is -2.22. The number of benzene rings is 1. The fourth-order valence-electron chi connectivity index (χ4n) is 2.40. The van der Waals surface area contributed by atoms with Crippen LogP contribution in [0.1, 0.15) is 50.0 Å². The summed E-state index contributed by atoms with van der Waals surface area (Å²) < 4.78 is 0. The maximum atomic E-state index is 9.59. The van der Waals surface area contributed by atoms with Crippen LogP contribution in [0.15, 0.2) is 24.3 Å². The van der Waals surface area contributed by atoms with E-state index in [4.69, 9.17) is 0 Å². The predicted molar refractivity (Wildman–Crippen MR) is 68.2 cm³/mol. The van der Waals surface area contributed by atoms with Crippen LogP contribution in [0.4, 0.5) is 0 Å². The number of hydrogen-bond acceptors (Lipinski definition) is 1. The summed E-state index contributed by atoms with van der Waals surface area (Å²) in [4.78, 5) is 0. The zero-order valence-corrected chi connectivity index (χ0v) is 10.3. The smallest absolute Gasteiger partial charge is 0.0762 e. The van der Waals surface area contributed by atoms with Crippen LogP contribution in [0.3, 0.4) is 0 Å². The van der Waals surface area contributed by atoms with Gasteiger partial charge in [-0.2, -0.15) is 0 Å². The summed E-state index contributed by atoms with van der Waals surface area (Å²) >= 11 is 0. The Kier molecular flexibility index (Phi) is 3.15. The van der Waals surface area contributed by atoms with Crippen molar-refractivity contribution in [1.82, 2.24) is 0 Å². The van der Waals surface area contributed by atoms with Crippen molar-refractivity contribution in [3.8, 4) is 0 Å². The second-order valence-electron chi connectivity index (χ2n) is 4.95. The minimum absolute atomic E-state index is 0.362. The molecule has 0 aliphatic heterocycles. The number of aliphatic hydroxyl groups is 1. The van der Waals surface area contributed by atoms with E-state index in [0.29, 0.717) is 5.92 Å². The molecule has 0 amide bonds. The average Bonchev–Trinajstić information content (AvgIpc) is 2.27. The molecule has 1 aromatic carbocycles. The van der Waals surface area contributed by atoms with Crippen LogP contribution in [0.25, 0.3) is 5.57 Å². The van der Waals surface area contributed by atoms with Crippen molar-refractivity contribution < 1.29 is 5.11 Å². The highest BCUT2D eigenvalue weighted by molar-refractivity contribution is 5.71. The number of aliphatic hydroxyl groups excluding tert-OH is 1. The predicted octanol–water partition coefficient (Wildman–Crippen LogP) is 3.73. The molecule has 1 aromatic rings. The van der Waals surface area contributed by atoms with Gasteiger partial charge in [0.15, 0.2) is 0 Å². The lowest BCUT2D eigenvalue weighted by molar-refractivity contribution is 0.199. The highest BCUT2D eigenvalue weighted by Gasteiger charge is 2.16. The monoisotopic (exact) mass is 216 g/mol. The Bertz CT molecular complexity index is 413. The van der Waals surface area contributed by atoms with Gasteiger partial charge in [0.25, 0.3) is 0 Å². The summed E-state index contributed by atoms with van der Waals surface area (Å²) in [5.41, 5.74) is 5.26.